The molecular formula is C14H13FN2O4S. The molecule has 2 rings (SSSR count). The second-order valence-electron chi connectivity index (χ2n) is 4.25. The Morgan fingerprint density at radius 1 is 1.41 bits per heavy atom. The minimum atomic E-state index is -0.611. The van der Waals surface area contributed by atoms with Crippen LogP contribution in [0.5, 0.6) is 0 Å². The largest absolute Gasteiger partial charge is 0.455 e. The average Bonchev–Trinajstić information content (AvgIpc) is 2.89. The normalized spacial score (nSPS) is 10.3. The van der Waals surface area contributed by atoms with E-state index in [2.05, 4.69) is 10.5 Å². The van der Waals surface area contributed by atoms with Crippen LogP contribution in [0, 0.1) is 12.7 Å². The molecule has 0 saturated heterocycles. The third kappa shape index (κ3) is 4.88. The Hall–Kier alpha value is -2.35. The number of rotatable bonds is 6. The Morgan fingerprint density at radius 3 is 2.86 bits per heavy atom. The zero-order valence-electron chi connectivity index (χ0n) is 11.7. The van der Waals surface area contributed by atoms with Gasteiger partial charge < -0.3 is 14.6 Å². The summed E-state index contributed by atoms with van der Waals surface area (Å²) in [5.74, 6) is -0.832. The van der Waals surface area contributed by atoms with Gasteiger partial charge in [0.25, 0.3) is 5.91 Å². The molecule has 6 nitrogen and oxygen atoms in total. The van der Waals surface area contributed by atoms with Crippen LogP contribution in [0.25, 0.3) is 0 Å². The summed E-state index contributed by atoms with van der Waals surface area (Å²) in [5.41, 5.74) is 0. The second kappa shape index (κ2) is 7.60. The van der Waals surface area contributed by atoms with Gasteiger partial charge >= 0.3 is 5.97 Å². The molecule has 1 N–H and O–H groups in total. The molecule has 0 saturated carbocycles. The molecule has 8 heteroatoms. The van der Waals surface area contributed by atoms with Gasteiger partial charge in [0, 0.05) is 11.0 Å². The van der Waals surface area contributed by atoms with Gasteiger partial charge in [0.1, 0.15) is 11.6 Å². The number of carbonyl (C=O) groups is 2. The second-order valence-corrected chi connectivity index (χ2v) is 5.27. The van der Waals surface area contributed by atoms with Gasteiger partial charge in [-0.1, -0.05) is 17.3 Å². The van der Waals surface area contributed by atoms with E-state index in [0.29, 0.717) is 10.7 Å². The Kier molecular flexibility index (Phi) is 5.54. The summed E-state index contributed by atoms with van der Waals surface area (Å²) in [6.07, 6.45) is 0. The molecule has 1 heterocycles. The first-order valence-corrected chi connectivity index (χ1v) is 7.29. The smallest absolute Gasteiger partial charge is 0.316 e. The fraction of sp³-hybridized carbons (Fsp3) is 0.214. The lowest BCUT2D eigenvalue weighted by atomic mass is 10.3. The number of benzene rings is 1. The first-order valence-electron chi connectivity index (χ1n) is 6.30. The fourth-order valence-electron chi connectivity index (χ4n) is 1.49. The summed E-state index contributed by atoms with van der Waals surface area (Å²) in [7, 11) is 0. The van der Waals surface area contributed by atoms with E-state index in [1.807, 2.05) is 0 Å². The van der Waals surface area contributed by atoms with Crippen molar-refractivity contribution in [2.75, 3.05) is 17.7 Å². The summed E-state index contributed by atoms with van der Waals surface area (Å²) in [5, 5.41) is 5.99. The highest BCUT2D eigenvalue weighted by molar-refractivity contribution is 8.00. The number of ether oxygens (including phenoxy) is 1. The van der Waals surface area contributed by atoms with Gasteiger partial charge in [0.2, 0.25) is 0 Å². The van der Waals surface area contributed by atoms with Gasteiger partial charge in [0.15, 0.2) is 12.4 Å². The number of anilines is 1. The Labute approximate surface area is 130 Å². The highest BCUT2D eigenvalue weighted by atomic mass is 32.2. The van der Waals surface area contributed by atoms with Crippen molar-refractivity contribution in [3.8, 4) is 0 Å². The van der Waals surface area contributed by atoms with E-state index < -0.39 is 24.3 Å². The van der Waals surface area contributed by atoms with Crippen LogP contribution in [0.15, 0.2) is 39.8 Å². The first-order chi connectivity index (χ1) is 10.5. The number of hydrogen-bond donors (Lipinski definition) is 1. The highest BCUT2D eigenvalue weighted by Crippen LogP contribution is 2.21. The van der Waals surface area contributed by atoms with Gasteiger partial charge in [-0.15, -0.1) is 11.8 Å². The number of thioether (sulfide) groups is 1. The van der Waals surface area contributed by atoms with Gasteiger partial charge in [-0.3, -0.25) is 9.59 Å². The minimum Gasteiger partial charge on any atom is -0.455 e. The molecule has 0 unspecified atom stereocenters. The summed E-state index contributed by atoms with van der Waals surface area (Å²) < 4.78 is 22.9. The van der Waals surface area contributed by atoms with Crippen LogP contribution in [0.1, 0.15) is 5.76 Å². The van der Waals surface area contributed by atoms with Crippen LogP contribution in [0.3, 0.4) is 0 Å². The van der Waals surface area contributed by atoms with E-state index in [4.69, 9.17) is 9.26 Å². The number of nitrogens with one attached hydrogen (secondary N) is 1. The van der Waals surface area contributed by atoms with E-state index in [9.17, 15) is 14.0 Å². The molecule has 0 atom stereocenters. The monoisotopic (exact) mass is 324 g/mol. The van der Waals surface area contributed by atoms with Crippen molar-refractivity contribution in [3.05, 3.63) is 41.9 Å². The number of nitrogens with zero attached hydrogens (tertiary/aromatic N) is 1. The van der Waals surface area contributed by atoms with Crippen molar-refractivity contribution in [2.24, 2.45) is 0 Å². The van der Waals surface area contributed by atoms with E-state index in [1.54, 1.807) is 25.1 Å². The quantitative estimate of drug-likeness (QED) is 0.649. The van der Waals surface area contributed by atoms with Crippen molar-refractivity contribution in [1.82, 2.24) is 5.16 Å². The van der Waals surface area contributed by atoms with Crippen molar-refractivity contribution in [2.45, 2.75) is 11.8 Å². The number of amides is 1. The zero-order valence-corrected chi connectivity index (χ0v) is 12.5. The zero-order chi connectivity index (χ0) is 15.9. The first kappa shape index (κ1) is 16.0. The molecule has 0 fully saturated rings. The molecular weight excluding hydrogens is 311 g/mol. The van der Waals surface area contributed by atoms with Gasteiger partial charge in [0.05, 0.1) is 5.75 Å². The van der Waals surface area contributed by atoms with E-state index in [-0.39, 0.29) is 11.6 Å². The molecule has 2 aromatic rings. The van der Waals surface area contributed by atoms with Gasteiger partial charge in [-0.2, -0.15) is 0 Å². The SMILES string of the molecule is Cc1cc(NC(=O)COC(=O)CSc2ccccc2F)no1. The molecule has 116 valence electrons. The standard InChI is InChI=1S/C14H13FN2O4S/c1-9-6-12(17-21-9)16-13(18)7-20-14(19)8-22-11-5-3-2-4-10(11)15/h2-6H,7-8H2,1H3,(H,16,17,18). The van der Waals surface area contributed by atoms with Crippen molar-refractivity contribution in [3.63, 3.8) is 0 Å². The van der Waals surface area contributed by atoms with Crippen molar-refractivity contribution < 1.29 is 23.2 Å². The lowest BCUT2D eigenvalue weighted by Gasteiger charge is -2.05. The van der Waals surface area contributed by atoms with Crippen LogP contribution in [0.2, 0.25) is 0 Å². The van der Waals surface area contributed by atoms with Crippen molar-refractivity contribution >= 4 is 29.5 Å². The molecule has 0 spiro atoms. The lowest BCUT2D eigenvalue weighted by molar-refractivity contribution is -0.144. The molecule has 22 heavy (non-hydrogen) atoms. The molecule has 0 aliphatic rings. The van der Waals surface area contributed by atoms with Crippen molar-refractivity contribution in [1.29, 1.82) is 0 Å². The van der Waals surface area contributed by atoms with Gasteiger partial charge in [-0.05, 0) is 19.1 Å². The average molecular weight is 324 g/mol. The maximum absolute atomic E-state index is 13.3. The van der Waals surface area contributed by atoms with E-state index >= 15 is 0 Å². The van der Waals surface area contributed by atoms with Crippen LogP contribution in [-0.4, -0.2) is 29.4 Å². The molecule has 0 radical (unpaired) electrons. The molecule has 0 aliphatic heterocycles. The number of aromatic nitrogens is 1. The van der Waals surface area contributed by atoms with E-state index in [0.717, 1.165) is 11.8 Å². The lowest BCUT2D eigenvalue weighted by Crippen LogP contribution is -2.21. The Bertz CT molecular complexity index is 674. The number of carbonyl (C=O) groups excluding carboxylic acids is 2. The van der Waals surface area contributed by atoms with E-state index in [1.165, 1.54) is 12.1 Å². The molecule has 1 aromatic heterocycles. The Balaban J connectivity index is 1.71. The molecule has 1 amide bonds. The number of esters is 1. The molecule has 1 aromatic carbocycles. The summed E-state index contributed by atoms with van der Waals surface area (Å²) in [6, 6.07) is 7.64. The summed E-state index contributed by atoms with van der Waals surface area (Å²) in [4.78, 5) is 23.4. The Morgan fingerprint density at radius 2 is 2.18 bits per heavy atom. The molecule has 0 bridgehead atoms. The third-order valence-corrected chi connectivity index (χ3v) is 3.46. The predicted octanol–water partition coefficient (Wildman–Crippen LogP) is 2.40. The minimum absolute atomic E-state index is 0.0860. The predicted molar refractivity (Wildman–Crippen MR) is 78.0 cm³/mol. The highest BCUT2D eigenvalue weighted by Gasteiger charge is 2.11. The van der Waals surface area contributed by atoms with Gasteiger partial charge in [-0.25, -0.2) is 4.39 Å². The maximum atomic E-state index is 13.3. The molecule has 0 aliphatic carbocycles. The van der Waals surface area contributed by atoms with Crippen LogP contribution in [-0.2, 0) is 14.3 Å². The summed E-state index contributed by atoms with van der Waals surface area (Å²) >= 11 is 1.01. The van der Waals surface area contributed by atoms with Crippen LogP contribution >= 0.6 is 11.8 Å². The summed E-state index contributed by atoms with van der Waals surface area (Å²) in [6.45, 7) is 1.24. The van der Waals surface area contributed by atoms with Crippen LogP contribution in [0.4, 0.5) is 10.2 Å². The fourth-order valence-corrected chi connectivity index (χ4v) is 2.23. The number of hydrogen-bond acceptors (Lipinski definition) is 6. The number of halogens is 1. The topological polar surface area (TPSA) is 81.4 Å². The maximum Gasteiger partial charge on any atom is 0.316 e. The third-order valence-electron chi connectivity index (χ3n) is 2.44. The number of aryl methyl sites for hydroxylation is 1. The van der Waals surface area contributed by atoms with Crippen LogP contribution < -0.4 is 5.32 Å².